The van der Waals surface area contributed by atoms with E-state index in [1.54, 1.807) is 0 Å². The molecule has 0 aromatic rings. The monoisotopic (exact) mass is 251 g/mol. The van der Waals surface area contributed by atoms with Crippen LogP contribution in [-0.2, 0) is 19.2 Å². The zero-order chi connectivity index (χ0) is 13.6. The molecule has 0 saturated carbocycles. The van der Waals surface area contributed by atoms with E-state index in [2.05, 4.69) is 16.2 Å². The summed E-state index contributed by atoms with van der Waals surface area (Å²) in [5, 5.41) is 0.153. The maximum absolute atomic E-state index is 12.9. The first kappa shape index (κ1) is 15.5. The average molecular weight is 251 g/mol. The Morgan fingerprint density at radius 2 is 1.82 bits per heavy atom. The lowest BCUT2D eigenvalue weighted by Gasteiger charge is -2.25. The van der Waals surface area contributed by atoms with Gasteiger partial charge in [0.2, 0.25) is 0 Å². The Labute approximate surface area is 97.9 Å². The van der Waals surface area contributed by atoms with Gasteiger partial charge in [0.05, 0.1) is 6.61 Å². The molecule has 17 heavy (non-hydrogen) atoms. The second-order valence-corrected chi connectivity index (χ2v) is 3.11. The lowest BCUT2D eigenvalue weighted by atomic mass is 10.3. The van der Waals surface area contributed by atoms with Crippen LogP contribution in [0.15, 0.2) is 12.2 Å². The predicted molar refractivity (Wildman–Crippen MR) is 54.9 cm³/mol. The van der Waals surface area contributed by atoms with Gasteiger partial charge in [-0.15, -0.1) is 0 Å². The Morgan fingerprint density at radius 3 is 2.18 bits per heavy atom. The zero-order valence-corrected chi connectivity index (χ0v) is 9.96. The molecule has 98 valence electrons. The first-order valence-electron chi connectivity index (χ1n) is 4.97. The van der Waals surface area contributed by atoms with E-state index in [4.69, 9.17) is 0 Å². The van der Waals surface area contributed by atoms with Gasteiger partial charge in [0.15, 0.2) is 0 Å². The summed E-state index contributed by atoms with van der Waals surface area (Å²) in [7, 11) is 0. The van der Waals surface area contributed by atoms with Crippen LogP contribution in [0.25, 0.3) is 0 Å². The number of hydroxylamine groups is 2. The van der Waals surface area contributed by atoms with Gasteiger partial charge in [-0.1, -0.05) is 11.6 Å². The molecule has 7 heteroatoms. The summed E-state index contributed by atoms with van der Waals surface area (Å²) < 4.78 is 30.2. The fourth-order valence-corrected chi connectivity index (χ4v) is 0.879. The first-order chi connectivity index (χ1) is 7.73. The number of alkyl halides is 2. The molecule has 0 unspecified atom stereocenters. The molecule has 0 fully saturated rings. The minimum atomic E-state index is -3.33. The number of carbonyl (C=O) groups is 2. The van der Waals surface area contributed by atoms with Gasteiger partial charge >= 0.3 is 18.0 Å². The first-order valence-corrected chi connectivity index (χ1v) is 4.97. The van der Waals surface area contributed by atoms with Crippen LogP contribution in [0.4, 0.5) is 8.78 Å². The number of esters is 1. The van der Waals surface area contributed by atoms with Gasteiger partial charge in [0, 0.05) is 13.5 Å². The fourth-order valence-electron chi connectivity index (χ4n) is 0.879. The molecule has 0 radical (unpaired) electrons. The van der Waals surface area contributed by atoms with Crippen molar-refractivity contribution in [2.75, 3.05) is 13.2 Å². The Bertz CT molecular complexity index is 312. The van der Waals surface area contributed by atoms with Crippen molar-refractivity contribution in [2.45, 2.75) is 26.8 Å². The lowest BCUT2D eigenvalue weighted by Crippen LogP contribution is -2.41. The number of hydrogen-bond acceptors (Lipinski definition) is 5. The van der Waals surface area contributed by atoms with Crippen molar-refractivity contribution in [2.24, 2.45) is 0 Å². The van der Waals surface area contributed by atoms with E-state index in [1.807, 2.05) is 0 Å². The third kappa shape index (κ3) is 4.90. The molecule has 0 amide bonds. The van der Waals surface area contributed by atoms with Crippen molar-refractivity contribution in [3.8, 4) is 0 Å². The highest BCUT2D eigenvalue weighted by Crippen LogP contribution is 2.19. The van der Waals surface area contributed by atoms with Crippen LogP contribution >= 0.6 is 0 Å². The molecule has 0 aliphatic carbocycles. The number of ether oxygens (including phenoxy) is 1. The Balaban J connectivity index is 4.53. The van der Waals surface area contributed by atoms with Gasteiger partial charge in [0.25, 0.3) is 0 Å². The minimum Gasteiger partial charge on any atom is -0.462 e. The number of carbonyl (C=O) groups excluding carboxylic acids is 2. The Kier molecular flexibility index (Phi) is 5.73. The van der Waals surface area contributed by atoms with Gasteiger partial charge in [-0.3, -0.25) is 0 Å². The Morgan fingerprint density at radius 1 is 1.29 bits per heavy atom. The van der Waals surface area contributed by atoms with E-state index in [-0.39, 0.29) is 18.2 Å². The molecule has 0 atom stereocenters. The van der Waals surface area contributed by atoms with Crippen molar-refractivity contribution in [3.63, 3.8) is 0 Å². The SMILES string of the molecule is C=C(C(=O)OCC)C(=O)ON(CC)C(C)(F)F. The van der Waals surface area contributed by atoms with E-state index in [0.717, 1.165) is 0 Å². The number of halogens is 2. The molecule has 0 aromatic heterocycles. The van der Waals surface area contributed by atoms with Crippen molar-refractivity contribution in [1.29, 1.82) is 0 Å². The third-order valence-corrected chi connectivity index (χ3v) is 1.69. The van der Waals surface area contributed by atoms with Gasteiger partial charge in [-0.2, -0.15) is 8.78 Å². The van der Waals surface area contributed by atoms with Gasteiger partial charge < -0.3 is 9.57 Å². The molecular formula is C10H15F2NO4. The second kappa shape index (κ2) is 6.29. The highest BCUT2D eigenvalue weighted by atomic mass is 19.3. The van der Waals surface area contributed by atoms with E-state index in [0.29, 0.717) is 6.92 Å². The van der Waals surface area contributed by atoms with Crippen molar-refractivity contribution >= 4 is 11.9 Å². The van der Waals surface area contributed by atoms with E-state index in [1.165, 1.54) is 13.8 Å². The minimum absolute atomic E-state index is 0.0482. The van der Waals surface area contributed by atoms with E-state index < -0.39 is 23.6 Å². The quantitative estimate of drug-likeness (QED) is 0.179. The molecule has 0 spiro atoms. The van der Waals surface area contributed by atoms with Crippen molar-refractivity contribution < 1.29 is 27.9 Å². The van der Waals surface area contributed by atoms with Gasteiger partial charge in [0.1, 0.15) is 5.57 Å². The summed E-state index contributed by atoms with van der Waals surface area (Å²) in [5.74, 6) is -2.25. The van der Waals surface area contributed by atoms with Crippen LogP contribution in [0.3, 0.4) is 0 Å². The number of nitrogens with zero attached hydrogens (tertiary/aromatic N) is 1. The summed E-state index contributed by atoms with van der Waals surface area (Å²) in [5.41, 5.74) is -0.630. The summed E-state index contributed by atoms with van der Waals surface area (Å²) in [4.78, 5) is 26.7. The predicted octanol–water partition coefficient (Wildman–Crippen LogP) is 1.50. The number of hydrogen-bond donors (Lipinski definition) is 0. The number of rotatable bonds is 6. The normalized spacial score (nSPS) is 11.2. The molecule has 0 saturated heterocycles. The summed E-state index contributed by atoms with van der Waals surface area (Å²) in [6.07, 6.45) is 0. The molecule has 0 N–H and O–H groups in total. The van der Waals surface area contributed by atoms with E-state index in [9.17, 15) is 18.4 Å². The largest absolute Gasteiger partial charge is 0.462 e. The molecule has 0 aliphatic heterocycles. The van der Waals surface area contributed by atoms with Crippen molar-refractivity contribution in [3.05, 3.63) is 12.2 Å². The Hall–Kier alpha value is -1.50. The van der Waals surface area contributed by atoms with Crippen molar-refractivity contribution in [1.82, 2.24) is 5.06 Å². The van der Waals surface area contributed by atoms with Crippen LogP contribution in [0.5, 0.6) is 0 Å². The fraction of sp³-hybridized carbons (Fsp3) is 0.600. The van der Waals surface area contributed by atoms with E-state index >= 15 is 0 Å². The summed E-state index contributed by atoms with van der Waals surface area (Å²) in [6, 6.07) is -3.33. The highest BCUT2D eigenvalue weighted by molar-refractivity contribution is 6.13. The molecule has 0 aromatic carbocycles. The molecule has 0 bridgehead atoms. The molecule has 0 aliphatic rings. The van der Waals surface area contributed by atoms with Crippen LogP contribution in [-0.4, -0.2) is 36.2 Å². The lowest BCUT2D eigenvalue weighted by molar-refractivity contribution is -0.287. The molecule has 5 nitrogen and oxygen atoms in total. The van der Waals surface area contributed by atoms with Gasteiger partial charge in [-0.25, -0.2) is 9.59 Å². The van der Waals surface area contributed by atoms with Crippen LogP contribution < -0.4 is 0 Å². The highest BCUT2D eigenvalue weighted by Gasteiger charge is 2.34. The molecule has 0 heterocycles. The second-order valence-electron chi connectivity index (χ2n) is 3.11. The molecular weight excluding hydrogens is 236 g/mol. The van der Waals surface area contributed by atoms with Crippen LogP contribution in [0.1, 0.15) is 20.8 Å². The van der Waals surface area contributed by atoms with Gasteiger partial charge in [-0.05, 0) is 13.8 Å². The summed E-state index contributed by atoms with van der Waals surface area (Å²) in [6.45, 7) is 6.42. The molecule has 0 rings (SSSR count). The summed E-state index contributed by atoms with van der Waals surface area (Å²) >= 11 is 0. The zero-order valence-electron chi connectivity index (χ0n) is 9.96. The third-order valence-electron chi connectivity index (χ3n) is 1.69. The van der Waals surface area contributed by atoms with Crippen LogP contribution in [0.2, 0.25) is 0 Å². The topological polar surface area (TPSA) is 55.8 Å². The standard InChI is InChI=1S/C10H15F2NO4/c1-5-13(10(4,11)12)17-9(15)7(3)8(14)16-6-2/h3,5-6H2,1-2,4H3. The average Bonchev–Trinajstić information content (AvgIpc) is 2.23. The maximum atomic E-state index is 12.9. The smallest absolute Gasteiger partial charge is 0.364 e. The van der Waals surface area contributed by atoms with Crippen LogP contribution in [0, 0.1) is 0 Å². The maximum Gasteiger partial charge on any atom is 0.364 e.